The summed E-state index contributed by atoms with van der Waals surface area (Å²) < 4.78 is 36.0. The van der Waals surface area contributed by atoms with E-state index in [9.17, 15) is 0 Å². The van der Waals surface area contributed by atoms with Crippen molar-refractivity contribution in [1.29, 1.82) is 0 Å². The predicted molar refractivity (Wildman–Crippen MR) is 387 cm³/mol. The molecule has 0 aliphatic carbocycles. The lowest BCUT2D eigenvalue weighted by Gasteiger charge is -2.18. The first-order valence-electron chi connectivity index (χ1n) is 20.7. The maximum atomic E-state index is 8.87. The van der Waals surface area contributed by atoms with Crippen LogP contribution < -0.4 is 85.0 Å². The Labute approximate surface area is 673 Å². The molecular formula is C32H64Cl28N16O12P4. The van der Waals surface area contributed by atoms with Gasteiger partial charge in [-0.3, -0.25) is 82.5 Å². The molecule has 0 aromatic rings. The highest BCUT2D eigenvalue weighted by molar-refractivity contribution is 7.78. The molecular weight excluding hydrogens is 1920 g/mol. The first-order chi connectivity index (χ1) is 38.8. The van der Waals surface area contributed by atoms with Crippen LogP contribution in [-0.4, -0.2) is 226 Å². The van der Waals surface area contributed by atoms with Crippen molar-refractivity contribution in [2.24, 2.45) is 45.9 Å². The molecule has 0 aliphatic rings. The van der Waals surface area contributed by atoms with E-state index in [1.807, 2.05) is 0 Å². The van der Waals surface area contributed by atoms with Crippen LogP contribution in [0.5, 0.6) is 0 Å². The third-order valence-electron chi connectivity index (χ3n) is 6.18. The number of hydrogen-bond acceptors (Lipinski definition) is 12. The van der Waals surface area contributed by atoms with Crippen LogP contribution in [0.25, 0.3) is 0 Å². The summed E-state index contributed by atoms with van der Waals surface area (Å²) in [6.45, 7) is -18.7. The Hall–Kier alpha value is 4.48. The van der Waals surface area contributed by atoms with Gasteiger partial charge in [0.15, 0.2) is 0 Å². The molecule has 60 heteroatoms. The number of amidine groups is 8. The highest BCUT2D eigenvalue weighted by atomic mass is 35.7. The highest BCUT2D eigenvalue weighted by Gasteiger charge is 2.36. The average molecular weight is 1980 g/mol. The van der Waals surface area contributed by atoms with Crippen molar-refractivity contribution < 1.29 is 94.0 Å². The van der Waals surface area contributed by atoms with Crippen LogP contribution in [0, 0.1) is 0 Å². The smallest absolute Gasteiger partial charge is 0.295 e. The molecule has 0 aliphatic heterocycles. The maximum Gasteiger partial charge on any atom is 0.295 e. The second-order valence-corrected chi connectivity index (χ2v) is 42.6. The molecule has 92 heavy (non-hydrogen) atoms. The van der Waals surface area contributed by atoms with E-state index in [4.69, 9.17) is 382 Å². The summed E-state index contributed by atoms with van der Waals surface area (Å²) >= 11 is 146. The maximum absolute atomic E-state index is 8.87. The lowest BCUT2D eigenvalue weighted by molar-refractivity contribution is -0.466. The Morgan fingerprint density at radius 3 is 0.239 bits per heavy atom. The normalized spacial score (nSPS) is 11.3. The SMILES string of the molecule is C[N+](C)=C(N)C(Cl)(Cl)Cl.C[N+](C)=C(N)C(Cl)(Cl)Cl.C[N+](C)=C(N)C(Cl)(Cl)Cl.C[N+](C)=C(N)C(Cl)(Cl)Cl.C[N+](C)=C(N)C(Cl)(Cl)Cl.C[N+](C)=C(N)C(Cl)(Cl)Cl.C[N+](C)=C(N)C(Cl)(Cl)Cl.C[N+](C)=C(N)C(Cl)(Cl)Cl.O=P([O-])([O-])Cl.O=P([O-])([O-])Cl.O=P([O-])([O-])Cl.O=P([O-])([O-])Cl. The topological polar surface area (TPSA) is 485 Å². The molecule has 0 saturated heterocycles. The van der Waals surface area contributed by atoms with E-state index in [2.05, 4.69) is 45.0 Å². The molecule has 0 radical (unpaired) electrons. The van der Waals surface area contributed by atoms with Gasteiger partial charge in [0.25, 0.3) is 77.0 Å². The third kappa shape index (κ3) is 116. The second-order valence-electron chi connectivity index (χ2n) is 15.9. The number of alkyl halides is 24. The first kappa shape index (κ1) is 123. The van der Waals surface area contributed by atoms with Crippen molar-refractivity contribution in [2.75, 3.05) is 113 Å². The van der Waals surface area contributed by atoms with Gasteiger partial charge in [-0.05, 0) is 0 Å². The van der Waals surface area contributed by atoms with Gasteiger partial charge in [0.1, 0.15) is 0 Å². The molecule has 0 atom stereocenters. The molecule has 560 valence electrons. The van der Waals surface area contributed by atoms with Gasteiger partial charge >= 0.3 is 0 Å². The van der Waals surface area contributed by atoms with E-state index in [0.717, 1.165) is 0 Å². The molecule has 0 unspecified atom stereocenters. The van der Waals surface area contributed by atoms with E-state index >= 15 is 0 Å². The van der Waals surface area contributed by atoms with Crippen molar-refractivity contribution >= 4 is 398 Å². The first-order valence-corrected chi connectivity index (χ1v) is 39.5. The lowest BCUT2D eigenvalue weighted by atomic mass is 10.6. The van der Waals surface area contributed by atoms with E-state index < -0.39 is 58.1 Å². The molecule has 0 spiro atoms. The van der Waals surface area contributed by atoms with Gasteiger partial charge in [0.2, 0.25) is 0 Å². The standard InChI is InChI=1S/8C4H7Cl3N2.4ClH2O3P/c8*1-9(2)3(8)4(5,6)7;4*1-5(2,3)4/h8*8H,1-2H3;4*(H2,2,3,4). The molecule has 0 fully saturated rings. The molecule has 0 heterocycles. The summed E-state index contributed by atoms with van der Waals surface area (Å²) in [4.78, 5) is 71.0. The van der Waals surface area contributed by atoms with Gasteiger partial charge in [-0.2, -0.15) is 0 Å². The summed E-state index contributed by atoms with van der Waals surface area (Å²) in [6.07, 6.45) is 0. The number of hydrogen-bond donors (Lipinski definition) is 8. The van der Waals surface area contributed by atoms with Crippen molar-refractivity contribution in [2.45, 2.75) is 30.3 Å². The summed E-state index contributed by atoms with van der Waals surface area (Å²) in [6, 6.07) is 0. The summed E-state index contributed by atoms with van der Waals surface area (Å²) in [5.74, 6) is 1.72. The highest BCUT2D eigenvalue weighted by Crippen LogP contribution is 2.32. The van der Waals surface area contributed by atoms with Crippen molar-refractivity contribution in [3.63, 3.8) is 0 Å². The summed E-state index contributed by atoms with van der Waals surface area (Å²) in [5.41, 5.74) is 42.7. The van der Waals surface area contributed by atoms with E-state index in [-0.39, 0.29) is 46.7 Å². The van der Waals surface area contributed by atoms with Crippen LogP contribution in [0.3, 0.4) is 0 Å². The van der Waals surface area contributed by atoms with Crippen LogP contribution in [0.4, 0.5) is 0 Å². The summed E-state index contributed by atoms with van der Waals surface area (Å²) in [7, 11) is 27.3. The van der Waals surface area contributed by atoms with Crippen LogP contribution in [0.1, 0.15) is 0 Å². The minimum Gasteiger partial charge on any atom is -0.799 e. The average Bonchev–Trinajstić information content (AvgIpc) is 3.23. The molecule has 0 aromatic heterocycles. The minimum atomic E-state index is -4.67. The van der Waals surface area contributed by atoms with E-state index in [0.29, 0.717) is 0 Å². The molecule has 0 saturated carbocycles. The minimum absolute atomic E-state index is 0.215. The predicted octanol–water partition coefficient (Wildman–Crippen LogP) is 4.10. The number of rotatable bonds is 0. The van der Waals surface area contributed by atoms with Gasteiger partial charge in [-0.15, -0.1) is 0 Å². The van der Waals surface area contributed by atoms with E-state index in [1.54, 1.807) is 149 Å². The van der Waals surface area contributed by atoms with Crippen molar-refractivity contribution in [3.05, 3.63) is 0 Å². The molecule has 28 nitrogen and oxygen atoms in total. The number of halogens is 28. The second kappa shape index (κ2) is 55.0. The third-order valence-corrected chi connectivity index (χ3v) is 10.8. The summed E-state index contributed by atoms with van der Waals surface area (Å²) in [5, 5.41) is 0. The Kier molecular flexibility index (Phi) is 73.7. The van der Waals surface area contributed by atoms with Crippen LogP contribution >= 0.6 is 351 Å². The fourth-order valence-corrected chi connectivity index (χ4v) is 6.09. The van der Waals surface area contributed by atoms with Gasteiger partial charge in [0.05, 0.1) is 113 Å². The van der Waals surface area contributed by atoms with Gasteiger partial charge in [-0.25, -0.2) is 0 Å². The van der Waals surface area contributed by atoms with E-state index in [1.165, 1.54) is 0 Å². The van der Waals surface area contributed by atoms with Crippen LogP contribution in [0.2, 0.25) is 0 Å². The Balaban J connectivity index is -0.0000000764. The van der Waals surface area contributed by atoms with Crippen LogP contribution in [-0.2, 0) is 18.3 Å². The lowest BCUT2D eigenvalue weighted by Crippen LogP contribution is -2.35. The van der Waals surface area contributed by atoms with Gasteiger partial charge in [0, 0.05) is 27.8 Å². The zero-order valence-electron chi connectivity index (χ0n) is 49.5. The molecule has 0 bridgehead atoms. The zero-order chi connectivity index (χ0) is 79.2. The fraction of sp³-hybridized carbons (Fsp3) is 0.750. The number of nitrogens with two attached hydrogens (primary N) is 8. The van der Waals surface area contributed by atoms with Gasteiger partial charge in [-0.1, -0.05) is 323 Å². The monoisotopic (exact) mass is 1970 g/mol. The fourth-order valence-electron chi connectivity index (χ4n) is 2.03. The molecule has 0 aromatic carbocycles. The largest absolute Gasteiger partial charge is 0.799 e. The molecule has 0 amide bonds. The zero-order valence-corrected chi connectivity index (χ0v) is 74.2. The Morgan fingerprint density at radius 2 is 0.239 bits per heavy atom. The Morgan fingerprint density at radius 1 is 0.207 bits per heavy atom. The van der Waals surface area contributed by atoms with Gasteiger partial charge < -0.3 is 57.4 Å². The number of nitrogens with zero attached hydrogens (tertiary/aromatic N) is 8. The van der Waals surface area contributed by atoms with Crippen molar-refractivity contribution in [1.82, 2.24) is 0 Å². The van der Waals surface area contributed by atoms with Crippen molar-refractivity contribution in [3.8, 4) is 0 Å². The quantitative estimate of drug-likeness (QED) is 0.0556. The van der Waals surface area contributed by atoms with Crippen LogP contribution in [0.15, 0.2) is 0 Å². The molecule has 0 rings (SSSR count). The Bertz CT molecular complexity index is 2080. The molecule has 16 N–H and O–H groups in total.